The summed E-state index contributed by atoms with van der Waals surface area (Å²) in [6.45, 7) is 19.5. The minimum atomic E-state index is -0.722. The number of likely N-dealkylation sites (tertiary alicyclic amines) is 2. The predicted molar refractivity (Wildman–Crippen MR) is 168 cm³/mol. The summed E-state index contributed by atoms with van der Waals surface area (Å²) >= 11 is 0. The van der Waals surface area contributed by atoms with Crippen molar-refractivity contribution in [3.63, 3.8) is 0 Å². The van der Waals surface area contributed by atoms with Crippen LogP contribution in [-0.2, 0) is 23.9 Å². The molecule has 0 aliphatic carbocycles. The molecule has 0 bridgehead atoms. The van der Waals surface area contributed by atoms with E-state index in [0.29, 0.717) is 44.8 Å². The Morgan fingerprint density at radius 3 is 2.12 bits per heavy atom. The predicted octanol–water partition coefficient (Wildman–Crippen LogP) is 3.06. The van der Waals surface area contributed by atoms with Crippen molar-refractivity contribution < 1.29 is 23.9 Å². The van der Waals surface area contributed by atoms with E-state index in [9.17, 15) is 19.2 Å². The van der Waals surface area contributed by atoms with Gasteiger partial charge in [0, 0.05) is 38.3 Å². The third kappa shape index (κ3) is 8.59. The summed E-state index contributed by atoms with van der Waals surface area (Å²) in [5.74, 6) is -0.422. The Morgan fingerprint density at radius 2 is 1.53 bits per heavy atom. The Kier molecular flexibility index (Phi) is 12.2. The van der Waals surface area contributed by atoms with Crippen molar-refractivity contribution in [2.24, 2.45) is 11.3 Å². The third-order valence-electron chi connectivity index (χ3n) is 9.27. The van der Waals surface area contributed by atoms with Crippen molar-refractivity contribution in [2.45, 2.75) is 118 Å². The molecule has 3 heterocycles. The SMILES string of the molecule is C/C(=C\C(C(C)C)N(C)C(=O)C(NC(=O)C1CCCCN1C(C)C)C(C)(C)C)C(=O)N1CCC[C@H]1C(=O)N1CCOCC1. The zero-order valence-corrected chi connectivity index (χ0v) is 28.1. The molecular weight excluding hydrogens is 546 g/mol. The fraction of sp³-hybridized carbons (Fsp3) is 0.818. The Bertz CT molecular complexity index is 1030. The van der Waals surface area contributed by atoms with Crippen LogP contribution in [0.2, 0.25) is 0 Å². The molecule has 3 rings (SSSR count). The lowest BCUT2D eigenvalue weighted by Crippen LogP contribution is -2.60. The summed E-state index contributed by atoms with van der Waals surface area (Å²) < 4.78 is 5.40. The standard InChI is InChI=1S/C33H57N5O5/c1-22(2)27(21-24(5)30(40)38-16-12-14-26(38)31(41)36-17-19-43-20-18-36)35(9)32(42)28(33(6,7)8)34-29(39)25-13-10-11-15-37(25)23(3)4/h21-23,25-28H,10-20H2,1-9H3,(H,34,39)/b24-21+/t25?,26-,27?,28?/m0/s1. The Hall–Kier alpha value is -2.46. The highest BCUT2D eigenvalue weighted by molar-refractivity contribution is 5.97. The summed E-state index contributed by atoms with van der Waals surface area (Å²) in [5, 5.41) is 3.14. The molecule has 244 valence electrons. The van der Waals surface area contributed by atoms with E-state index in [-0.39, 0.29) is 47.7 Å². The molecule has 43 heavy (non-hydrogen) atoms. The van der Waals surface area contributed by atoms with Gasteiger partial charge in [-0.1, -0.05) is 47.1 Å². The van der Waals surface area contributed by atoms with Crippen molar-refractivity contribution >= 4 is 23.6 Å². The van der Waals surface area contributed by atoms with E-state index in [1.165, 1.54) is 0 Å². The second-order valence-corrected chi connectivity index (χ2v) is 14.3. The lowest BCUT2D eigenvalue weighted by molar-refractivity contribution is -0.145. The number of likely N-dealkylation sites (N-methyl/N-ethyl adjacent to an activating group) is 1. The van der Waals surface area contributed by atoms with Gasteiger partial charge in [-0.15, -0.1) is 0 Å². The second kappa shape index (κ2) is 15.0. The van der Waals surface area contributed by atoms with E-state index >= 15 is 0 Å². The number of rotatable bonds is 9. The van der Waals surface area contributed by atoms with Crippen molar-refractivity contribution in [1.29, 1.82) is 0 Å². The van der Waals surface area contributed by atoms with Crippen molar-refractivity contribution in [1.82, 2.24) is 24.9 Å². The number of hydrogen-bond donors (Lipinski definition) is 1. The molecule has 1 N–H and O–H groups in total. The highest BCUT2D eigenvalue weighted by atomic mass is 16.5. The van der Waals surface area contributed by atoms with Crippen LogP contribution in [0.1, 0.15) is 87.5 Å². The van der Waals surface area contributed by atoms with Gasteiger partial charge in [-0.2, -0.15) is 0 Å². The van der Waals surface area contributed by atoms with Gasteiger partial charge in [0.1, 0.15) is 12.1 Å². The van der Waals surface area contributed by atoms with Gasteiger partial charge in [-0.3, -0.25) is 24.1 Å². The molecule has 10 nitrogen and oxygen atoms in total. The first-order chi connectivity index (χ1) is 20.1. The minimum Gasteiger partial charge on any atom is -0.378 e. The average Bonchev–Trinajstić information content (AvgIpc) is 3.46. The van der Waals surface area contributed by atoms with Crippen LogP contribution in [0.25, 0.3) is 0 Å². The Balaban J connectivity index is 1.77. The quantitative estimate of drug-likeness (QED) is 0.407. The van der Waals surface area contributed by atoms with Crippen LogP contribution in [0.3, 0.4) is 0 Å². The lowest BCUT2D eigenvalue weighted by Gasteiger charge is -2.41. The van der Waals surface area contributed by atoms with E-state index < -0.39 is 17.5 Å². The number of hydrogen-bond acceptors (Lipinski definition) is 6. The zero-order valence-electron chi connectivity index (χ0n) is 28.1. The molecular formula is C33H57N5O5. The number of ether oxygens (including phenoxy) is 1. The number of piperidine rings is 1. The maximum absolute atomic E-state index is 14.1. The third-order valence-corrected chi connectivity index (χ3v) is 9.27. The smallest absolute Gasteiger partial charge is 0.249 e. The first-order valence-electron chi connectivity index (χ1n) is 16.3. The number of morpholine rings is 1. The van der Waals surface area contributed by atoms with Crippen molar-refractivity contribution in [2.75, 3.05) is 46.4 Å². The average molecular weight is 604 g/mol. The molecule has 0 saturated carbocycles. The molecule has 3 aliphatic heterocycles. The van der Waals surface area contributed by atoms with Gasteiger partial charge in [-0.05, 0) is 64.3 Å². The van der Waals surface area contributed by atoms with Gasteiger partial charge >= 0.3 is 0 Å². The summed E-state index contributed by atoms with van der Waals surface area (Å²) in [6.07, 6.45) is 6.17. The molecule has 10 heteroatoms. The number of nitrogens with zero attached hydrogens (tertiary/aromatic N) is 4. The van der Waals surface area contributed by atoms with Gasteiger partial charge in [0.05, 0.1) is 25.3 Å². The maximum Gasteiger partial charge on any atom is 0.249 e. The highest BCUT2D eigenvalue weighted by Crippen LogP contribution is 2.27. The second-order valence-electron chi connectivity index (χ2n) is 14.3. The molecule has 0 radical (unpaired) electrons. The summed E-state index contributed by atoms with van der Waals surface area (Å²) in [6, 6.07) is -1.54. The fourth-order valence-electron chi connectivity index (χ4n) is 6.66. The molecule has 3 fully saturated rings. The topological polar surface area (TPSA) is 102 Å². The molecule has 3 saturated heterocycles. The molecule has 3 unspecified atom stereocenters. The van der Waals surface area contributed by atoms with Crippen LogP contribution < -0.4 is 5.32 Å². The largest absolute Gasteiger partial charge is 0.378 e. The molecule has 3 aliphatic rings. The number of carbonyl (C=O) groups is 4. The molecule has 4 amide bonds. The van der Waals surface area contributed by atoms with Crippen molar-refractivity contribution in [3.05, 3.63) is 11.6 Å². The van der Waals surface area contributed by atoms with Crippen LogP contribution in [-0.4, -0.2) is 120 Å². The summed E-state index contributed by atoms with van der Waals surface area (Å²) in [4.78, 5) is 62.1. The highest BCUT2D eigenvalue weighted by Gasteiger charge is 2.41. The van der Waals surface area contributed by atoms with Crippen LogP contribution >= 0.6 is 0 Å². The van der Waals surface area contributed by atoms with E-state index in [0.717, 1.165) is 32.2 Å². The van der Waals surface area contributed by atoms with Crippen LogP contribution in [0.4, 0.5) is 0 Å². The number of nitrogens with one attached hydrogen (secondary N) is 1. The summed E-state index contributed by atoms with van der Waals surface area (Å²) in [7, 11) is 1.76. The Labute approximate surface area is 259 Å². The fourth-order valence-corrected chi connectivity index (χ4v) is 6.66. The molecule has 0 aromatic heterocycles. The lowest BCUT2D eigenvalue weighted by atomic mass is 9.84. The van der Waals surface area contributed by atoms with Gasteiger partial charge in [0.15, 0.2) is 0 Å². The molecule has 4 atom stereocenters. The first kappa shape index (κ1) is 35.0. The van der Waals surface area contributed by atoms with E-state index in [2.05, 4.69) is 24.1 Å². The zero-order chi connectivity index (χ0) is 32.1. The molecule has 0 aromatic carbocycles. The Morgan fingerprint density at radius 1 is 0.907 bits per heavy atom. The normalized spacial score (nSPS) is 23.8. The minimum absolute atomic E-state index is 0.00702. The molecule has 0 spiro atoms. The van der Waals surface area contributed by atoms with Gasteiger partial charge in [0.25, 0.3) is 0 Å². The van der Waals surface area contributed by atoms with Crippen molar-refractivity contribution in [3.8, 4) is 0 Å². The van der Waals surface area contributed by atoms with Gasteiger partial charge in [-0.25, -0.2) is 0 Å². The number of amides is 4. The van der Waals surface area contributed by atoms with Crippen LogP contribution in [0.5, 0.6) is 0 Å². The van der Waals surface area contributed by atoms with E-state index in [4.69, 9.17) is 4.74 Å². The molecule has 0 aromatic rings. The monoisotopic (exact) mass is 603 g/mol. The van der Waals surface area contributed by atoms with E-state index in [1.54, 1.807) is 28.7 Å². The first-order valence-corrected chi connectivity index (χ1v) is 16.3. The summed E-state index contributed by atoms with van der Waals surface area (Å²) in [5.41, 5.74) is 0.00279. The number of carbonyl (C=O) groups excluding carboxylic acids is 4. The maximum atomic E-state index is 14.1. The van der Waals surface area contributed by atoms with E-state index in [1.807, 2.05) is 40.7 Å². The van der Waals surface area contributed by atoms with Gasteiger partial charge in [0.2, 0.25) is 23.6 Å². The van der Waals surface area contributed by atoms with Gasteiger partial charge < -0.3 is 24.8 Å². The van der Waals surface area contributed by atoms with Crippen LogP contribution in [0, 0.1) is 11.3 Å². The van der Waals surface area contributed by atoms with Crippen LogP contribution in [0.15, 0.2) is 11.6 Å².